The van der Waals surface area contributed by atoms with Gasteiger partial charge in [0, 0.05) is 6.20 Å². The first-order chi connectivity index (χ1) is 9.65. The summed E-state index contributed by atoms with van der Waals surface area (Å²) in [5.41, 5.74) is 4.66. The van der Waals surface area contributed by atoms with Crippen LogP contribution in [-0.2, 0) is 0 Å². The lowest BCUT2D eigenvalue weighted by molar-refractivity contribution is 0.340. The second-order valence-electron chi connectivity index (χ2n) is 4.94. The van der Waals surface area contributed by atoms with Crippen molar-refractivity contribution in [3.05, 3.63) is 58.9 Å². The van der Waals surface area contributed by atoms with Crippen LogP contribution in [0.4, 0.5) is 0 Å². The molecule has 0 radical (unpaired) electrons. The van der Waals surface area contributed by atoms with Crippen LogP contribution in [0.5, 0.6) is 5.75 Å². The Hall–Kier alpha value is -1.87. The van der Waals surface area contributed by atoms with Crippen LogP contribution in [0.25, 0.3) is 0 Å². The number of benzene rings is 1. The zero-order valence-corrected chi connectivity index (χ0v) is 12.6. The van der Waals surface area contributed by atoms with E-state index >= 15 is 0 Å². The van der Waals surface area contributed by atoms with Gasteiger partial charge in [-0.1, -0.05) is 18.2 Å². The third-order valence-electron chi connectivity index (χ3n) is 3.34. The van der Waals surface area contributed by atoms with Crippen LogP contribution in [-0.4, -0.2) is 18.6 Å². The number of nitrogens with one attached hydrogen (secondary N) is 1. The molecule has 20 heavy (non-hydrogen) atoms. The van der Waals surface area contributed by atoms with E-state index in [9.17, 15) is 0 Å². The second-order valence-corrected chi connectivity index (χ2v) is 4.94. The van der Waals surface area contributed by atoms with Gasteiger partial charge in [0.2, 0.25) is 0 Å². The number of hydrogen-bond acceptors (Lipinski definition) is 3. The molecular weight excluding hydrogens is 248 g/mol. The molecule has 0 bridgehead atoms. The number of aromatic nitrogens is 1. The Kier molecular flexibility index (Phi) is 4.74. The van der Waals surface area contributed by atoms with Crippen molar-refractivity contribution < 1.29 is 4.74 Å². The van der Waals surface area contributed by atoms with E-state index in [2.05, 4.69) is 42.3 Å². The smallest absolute Gasteiger partial charge is 0.119 e. The summed E-state index contributed by atoms with van der Waals surface area (Å²) >= 11 is 0. The Balaban J connectivity index is 2.31. The van der Waals surface area contributed by atoms with E-state index in [-0.39, 0.29) is 6.04 Å². The molecule has 0 spiro atoms. The van der Waals surface area contributed by atoms with Crippen LogP contribution in [0.3, 0.4) is 0 Å². The number of nitrogens with zero attached hydrogens (tertiary/aromatic N) is 1. The molecule has 1 heterocycles. The molecule has 1 atom stereocenters. The predicted octanol–water partition coefficient (Wildman–Crippen LogP) is 3.41. The molecule has 3 nitrogen and oxygen atoms in total. The van der Waals surface area contributed by atoms with Gasteiger partial charge in [0.1, 0.15) is 5.75 Å². The molecule has 2 rings (SSSR count). The van der Waals surface area contributed by atoms with Crippen molar-refractivity contribution >= 4 is 0 Å². The predicted molar refractivity (Wildman–Crippen MR) is 82.2 cm³/mol. The maximum Gasteiger partial charge on any atom is 0.119 e. The summed E-state index contributed by atoms with van der Waals surface area (Å²) in [5.74, 6) is 0.902. The van der Waals surface area contributed by atoms with Gasteiger partial charge >= 0.3 is 0 Å². The number of ether oxygens (including phenoxy) is 1. The Bertz CT molecular complexity index is 564. The van der Waals surface area contributed by atoms with Gasteiger partial charge in [-0.25, -0.2) is 0 Å². The third kappa shape index (κ3) is 3.17. The zero-order valence-electron chi connectivity index (χ0n) is 12.6. The third-order valence-corrected chi connectivity index (χ3v) is 3.34. The minimum absolute atomic E-state index is 0.103. The monoisotopic (exact) mass is 270 g/mol. The van der Waals surface area contributed by atoms with Crippen molar-refractivity contribution in [3.8, 4) is 5.75 Å². The fourth-order valence-corrected chi connectivity index (χ4v) is 2.41. The normalized spacial score (nSPS) is 12.2. The first-order valence-corrected chi connectivity index (χ1v) is 6.99. The van der Waals surface area contributed by atoms with Gasteiger partial charge in [-0.3, -0.25) is 4.98 Å². The number of rotatable bonds is 5. The first kappa shape index (κ1) is 14.5. The molecule has 1 aromatic heterocycles. The molecule has 0 aliphatic carbocycles. The largest absolute Gasteiger partial charge is 0.494 e. The van der Waals surface area contributed by atoms with Gasteiger partial charge < -0.3 is 10.1 Å². The van der Waals surface area contributed by atoms with Crippen LogP contribution in [0, 0.1) is 13.8 Å². The number of pyridine rings is 1. The maximum absolute atomic E-state index is 5.48. The van der Waals surface area contributed by atoms with Crippen LogP contribution in [0.15, 0.2) is 36.5 Å². The summed E-state index contributed by atoms with van der Waals surface area (Å²) in [6.07, 6.45) is 1.92. The van der Waals surface area contributed by atoms with Crippen molar-refractivity contribution in [2.75, 3.05) is 13.7 Å². The van der Waals surface area contributed by atoms with Crippen molar-refractivity contribution in [1.29, 1.82) is 0 Å². The number of aryl methyl sites for hydroxylation is 2. The summed E-state index contributed by atoms with van der Waals surface area (Å²) in [7, 11) is 1.96. The minimum Gasteiger partial charge on any atom is -0.494 e. The lowest BCUT2D eigenvalue weighted by Crippen LogP contribution is -2.20. The Labute approximate surface area is 121 Å². The summed E-state index contributed by atoms with van der Waals surface area (Å²) in [6, 6.07) is 10.5. The SMILES string of the molecule is CCOc1ccc(C(NC)c2ncc(C)cc2C)cc1. The van der Waals surface area contributed by atoms with E-state index in [0.29, 0.717) is 6.61 Å². The van der Waals surface area contributed by atoms with Crippen LogP contribution < -0.4 is 10.1 Å². The van der Waals surface area contributed by atoms with Gasteiger partial charge in [0.25, 0.3) is 0 Å². The summed E-state index contributed by atoms with van der Waals surface area (Å²) in [4.78, 5) is 4.59. The van der Waals surface area contributed by atoms with Gasteiger partial charge in [-0.15, -0.1) is 0 Å². The second kappa shape index (κ2) is 6.53. The Morgan fingerprint density at radius 1 is 1.20 bits per heavy atom. The van der Waals surface area contributed by atoms with Crippen molar-refractivity contribution in [2.45, 2.75) is 26.8 Å². The van der Waals surface area contributed by atoms with Crippen molar-refractivity contribution in [2.24, 2.45) is 0 Å². The summed E-state index contributed by atoms with van der Waals surface area (Å²) < 4.78 is 5.48. The first-order valence-electron chi connectivity index (χ1n) is 6.99. The highest BCUT2D eigenvalue weighted by Gasteiger charge is 2.15. The van der Waals surface area contributed by atoms with E-state index in [1.807, 2.05) is 32.3 Å². The minimum atomic E-state index is 0.103. The van der Waals surface area contributed by atoms with Gasteiger partial charge in [-0.2, -0.15) is 0 Å². The topological polar surface area (TPSA) is 34.1 Å². The highest BCUT2D eigenvalue weighted by Crippen LogP contribution is 2.25. The molecule has 1 unspecified atom stereocenters. The van der Waals surface area contributed by atoms with E-state index in [1.165, 1.54) is 16.7 Å². The molecule has 0 fully saturated rings. The molecule has 106 valence electrons. The van der Waals surface area contributed by atoms with Crippen molar-refractivity contribution in [3.63, 3.8) is 0 Å². The lowest BCUT2D eigenvalue weighted by Gasteiger charge is -2.19. The molecule has 3 heteroatoms. The quantitative estimate of drug-likeness (QED) is 0.904. The fourth-order valence-electron chi connectivity index (χ4n) is 2.41. The van der Waals surface area contributed by atoms with E-state index in [0.717, 1.165) is 11.4 Å². The summed E-state index contributed by atoms with van der Waals surface area (Å²) in [6.45, 7) is 6.85. The highest BCUT2D eigenvalue weighted by molar-refractivity contribution is 5.36. The van der Waals surface area contributed by atoms with Crippen LogP contribution in [0.1, 0.15) is 35.3 Å². The molecular formula is C17H22N2O. The van der Waals surface area contributed by atoms with Crippen molar-refractivity contribution in [1.82, 2.24) is 10.3 Å². The molecule has 0 amide bonds. The van der Waals surface area contributed by atoms with Crippen LogP contribution in [0.2, 0.25) is 0 Å². The Morgan fingerprint density at radius 2 is 1.90 bits per heavy atom. The average molecular weight is 270 g/mol. The van der Waals surface area contributed by atoms with Gasteiger partial charge in [0.15, 0.2) is 0 Å². The molecule has 1 N–H and O–H groups in total. The van der Waals surface area contributed by atoms with E-state index < -0.39 is 0 Å². The summed E-state index contributed by atoms with van der Waals surface area (Å²) in [5, 5.41) is 3.34. The maximum atomic E-state index is 5.48. The lowest BCUT2D eigenvalue weighted by atomic mass is 9.99. The number of hydrogen-bond donors (Lipinski definition) is 1. The molecule has 0 aliphatic rings. The Morgan fingerprint density at radius 3 is 2.45 bits per heavy atom. The zero-order chi connectivity index (χ0) is 14.5. The van der Waals surface area contributed by atoms with E-state index in [4.69, 9.17) is 4.74 Å². The molecule has 0 aliphatic heterocycles. The molecule has 1 aromatic carbocycles. The van der Waals surface area contributed by atoms with Gasteiger partial charge in [0.05, 0.1) is 18.3 Å². The molecule has 0 saturated carbocycles. The molecule has 0 saturated heterocycles. The fraction of sp³-hybridized carbons (Fsp3) is 0.353. The molecule has 2 aromatic rings. The van der Waals surface area contributed by atoms with Crippen LogP contribution >= 0.6 is 0 Å². The highest BCUT2D eigenvalue weighted by atomic mass is 16.5. The average Bonchev–Trinajstić information content (AvgIpc) is 2.44. The standard InChI is InChI=1S/C17H22N2O/c1-5-20-15-8-6-14(7-9-15)17(18-4)16-13(3)10-12(2)11-19-16/h6-11,17-18H,5H2,1-4H3. The van der Waals surface area contributed by atoms with E-state index in [1.54, 1.807) is 0 Å². The van der Waals surface area contributed by atoms with Gasteiger partial charge in [-0.05, 0) is 56.6 Å².